The van der Waals surface area contributed by atoms with Gasteiger partial charge < -0.3 is 14.9 Å². The van der Waals surface area contributed by atoms with Crippen molar-refractivity contribution in [3.8, 4) is 5.75 Å². The summed E-state index contributed by atoms with van der Waals surface area (Å²) in [6, 6.07) is 7.61. The summed E-state index contributed by atoms with van der Waals surface area (Å²) in [5.41, 5.74) is 0.256. The van der Waals surface area contributed by atoms with E-state index in [0.29, 0.717) is 6.42 Å². The Morgan fingerprint density at radius 3 is 2.17 bits per heavy atom. The van der Waals surface area contributed by atoms with Gasteiger partial charge in [0.25, 0.3) is 0 Å². The molecule has 3 nitrogen and oxygen atoms in total. The maximum absolute atomic E-state index is 10.1. The SMILES string of the molecule is CC(O)Cc1ccc(OCC(C)(O)C(C)C)cc1. The zero-order valence-electron chi connectivity index (χ0n) is 11.7. The van der Waals surface area contributed by atoms with Gasteiger partial charge in [-0.3, -0.25) is 0 Å². The van der Waals surface area contributed by atoms with Crippen LogP contribution in [0, 0.1) is 5.92 Å². The highest BCUT2D eigenvalue weighted by atomic mass is 16.5. The van der Waals surface area contributed by atoms with Crippen molar-refractivity contribution in [2.75, 3.05) is 6.61 Å². The maximum Gasteiger partial charge on any atom is 0.119 e. The first kappa shape index (κ1) is 15.0. The Hall–Kier alpha value is -1.06. The fourth-order valence-electron chi connectivity index (χ4n) is 1.46. The van der Waals surface area contributed by atoms with Gasteiger partial charge in [0.1, 0.15) is 12.4 Å². The van der Waals surface area contributed by atoms with Gasteiger partial charge in [0, 0.05) is 0 Å². The Balaban J connectivity index is 2.54. The van der Waals surface area contributed by atoms with Crippen molar-refractivity contribution in [3.63, 3.8) is 0 Å². The molecule has 1 rings (SSSR count). The Morgan fingerprint density at radius 1 is 1.17 bits per heavy atom. The standard InChI is InChI=1S/C15H24O3/c1-11(2)15(4,17)10-18-14-7-5-13(6-8-14)9-12(3)16/h5-8,11-12,16-17H,9-10H2,1-4H3. The average molecular weight is 252 g/mol. The molecule has 102 valence electrons. The minimum absolute atomic E-state index is 0.145. The lowest BCUT2D eigenvalue weighted by molar-refractivity contribution is -0.0266. The zero-order chi connectivity index (χ0) is 13.8. The van der Waals surface area contributed by atoms with E-state index >= 15 is 0 Å². The van der Waals surface area contributed by atoms with E-state index in [4.69, 9.17) is 4.74 Å². The summed E-state index contributed by atoms with van der Waals surface area (Å²) in [7, 11) is 0. The lowest BCUT2D eigenvalue weighted by atomic mass is 9.94. The summed E-state index contributed by atoms with van der Waals surface area (Å²) >= 11 is 0. The minimum Gasteiger partial charge on any atom is -0.491 e. The number of benzene rings is 1. The van der Waals surface area contributed by atoms with Gasteiger partial charge in [-0.2, -0.15) is 0 Å². The van der Waals surface area contributed by atoms with Gasteiger partial charge in [0.05, 0.1) is 11.7 Å². The molecule has 2 unspecified atom stereocenters. The summed E-state index contributed by atoms with van der Waals surface area (Å²) in [6.07, 6.45) is 0.308. The molecule has 0 spiro atoms. The predicted molar refractivity (Wildman–Crippen MR) is 72.8 cm³/mol. The van der Waals surface area contributed by atoms with Crippen molar-refractivity contribution in [3.05, 3.63) is 29.8 Å². The third-order valence-electron chi connectivity index (χ3n) is 3.23. The van der Waals surface area contributed by atoms with Crippen molar-refractivity contribution >= 4 is 0 Å². The van der Waals surface area contributed by atoms with Crippen LogP contribution in [0.2, 0.25) is 0 Å². The highest BCUT2D eigenvalue weighted by Crippen LogP contribution is 2.19. The molecule has 0 amide bonds. The molecule has 2 N–H and O–H groups in total. The Morgan fingerprint density at radius 2 is 1.72 bits per heavy atom. The second-order valence-corrected chi connectivity index (χ2v) is 5.50. The number of ether oxygens (including phenoxy) is 1. The average Bonchev–Trinajstić information content (AvgIpc) is 2.27. The number of hydrogen-bond acceptors (Lipinski definition) is 3. The van der Waals surface area contributed by atoms with E-state index in [-0.39, 0.29) is 18.6 Å². The van der Waals surface area contributed by atoms with Gasteiger partial charge in [-0.1, -0.05) is 26.0 Å². The second kappa shape index (κ2) is 6.21. The molecule has 0 bridgehead atoms. The van der Waals surface area contributed by atoms with Crippen molar-refractivity contribution in [2.45, 2.75) is 45.8 Å². The molecule has 1 aromatic carbocycles. The van der Waals surface area contributed by atoms with Gasteiger partial charge in [-0.15, -0.1) is 0 Å². The van der Waals surface area contributed by atoms with E-state index in [0.717, 1.165) is 11.3 Å². The smallest absolute Gasteiger partial charge is 0.119 e. The summed E-state index contributed by atoms with van der Waals surface area (Å²) in [4.78, 5) is 0. The third kappa shape index (κ3) is 4.67. The lowest BCUT2D eigenvalue weighted by Crippen LogP contribution is -2.37. The van der Waals surface area contributed by atoms with E-state index in [1.54, 1.807) is 13.8 Å². The topological polar surface area (TPSA) is 49.7 Å². The van der Waals surface area contributed by atoms with Crippen molar-refractivity contribution in [1.29, 1.82) is 0 Å². The fraction of sp³-hybridized carbons (Fsp3) is 0.600. The van der Waals surface area contributed by atoms with E-state index in [1.165, 1.54) is 0 Å². The van der Waals surface area contributed by atoms with Gasteiger partial charge >= 0.3 is 0 Å². The molecule has 18 heavy (non-hydrogen) atoms. The largest absolute Gasteiger partial charge is 0.491 e. The summed E-state index contributed by atoms with van der Waals surface area (Å²) in [6.45, 7) is 7.76. The van der Waals surface area contributed by atoms with Gasteiger partial charge in [-0.25, -0.2) is 0 Å². The van der Waals surface area contributed by atoms with E-state index in [2.05, 4.69) is 0 Å². The van der Waals surface area contributed by atoms with E-state index in [9.17, 15) is 10.2 Å². The number of aliphatic hydroxyl groups excluding tert-OH is 1. The number of rotatable bonds is 6. The van der Waals surface area contributed by atoms with Crippen LogP contribution < -0.4 is 4.74 Å². The molecule has 1 aromatic rings. The van der Waals surface area contributed by atoms with Gasteiger partial charge in [0.2, 0.25) is 0 Å². The van der Waals surface area contributed by atoms with Crippen LogP contribution in [0.15, 0.2) is 24.3 Å². The fourth-order valence-corrected chi connectivity index (χ4v) is 1.46. The molecule has 3 heteroatoms. The first-order valence-corrected chi connectivity index (χ1v) is 6.43. The quantitative estimate of drug-likeness (QED) is 0.817. The Labute approximate surface area is 109 Å². The molecular weight excluding hydrogens is 228 g/mol. The van der Waals surface area contributed by atoms with Gasteiger partial charge in [0.15, 0.2) is 0 Å². The van der Waals surface area contributed by atoms with Crippen LogP contribution in [0.3, 0.4) is 0 Å². The molecule has 0 radical (unpaired) electrons. The summed E-state index contributed by atoms with van der Waals surface area (Å²) < 4.78 is 5.58. The lowest BCUT2D eigenvalue weighted by Gasteiger charge is -2.27. The van der Waals surface area contributed by atoms with Crippen LogP contribution in [0.5, 0.6) is 5.75 Å². The highest BCUT2D eigenvalue weighted by Gasteiger charge is 2.25. The normalized spacial score (nSPS) is 16.4. The molecule has 0 aliphatic carbocycles. The molecule has 0 saturated heterocycles. The molecular formula is C15H24O3. The van der Waals surface area contributed by atoms with Crippen LogP contribution in [0.4, 0.5) is 0 Å². The molecule has 0 aliphatic rings. The first-order chi connectivity index (χ1) is 8.31. The predicted octanol–water partition coefficient (Wildman–Crippen LogP) is 2.40. The summed E-state index contributed by atoms with van der Waals surface area (Å²) in [5.74, 6) is 0.886. The molecule has 0 aliphatic heterocycles. The van der Waals surface area contributed by atoms with Crippen molar-refractivity contribution in [1.82, 2.24) is 0 Å². The molecule has 0 aromatic heterocycles. The Kier molecular flexibility index (Phi) is 5.17. The highest BCUT2D eigenvalue weighted by molar-refractivity contribution is 5.27. The van der Waals surface area contributed by atoms with Crippen LogP contribution in [-0.4, -0.2) is 28.5 Å². The van der Waals surface area contributed by atoms with E-state index in [1.807, 2.05) is 38.1 Å². The third-order valence-corrected chi connectivity index (χ3v) is 3.23. The maximum atomic E-state index is 10.1. The minimum atomic E-state index is -0.821. The molecule has 0 heterocycles. The van der Waals surface area contributed by atoms with Crippen molar-refractivity contribution in [2.24, 2.45) is 5.92 Å². The molecule has 0 saturated carbocycles. The molecule has 0 fully saturated rings. The number of hydrogen-bond donors (Lipinski definition) is 2. The van der Waals surface area contributed by atoms with E-state index < -0.39 is 5.60 Å². The van der Waals surface area contributed by atoms with Crippen molar-refractivity contribution < 1.29 is 14.9 Å². The first-order valence-electron chi connectivity index (χ1n) is 6.43. The summed E-state index contributed by atoms with van der Waals surface area (Å²) in [5, 5.41) is 19.4. The number of aliphatic hydroxyl groups is 2. The monoisotopic (exact) mass is 252 g/mol. The zero-order valence-corrected chi connectivity index (χ0v) is 11.7. The van der Waals surface area contributed by atoms with Gasteiger partial charge in [-0.05, 0) is 43.9 Å². The van der Waals surface area contributed by atoms with Crippen LogP contribution >= 0.6 is 0 Å². The van der Waals surface area contributed by atoms with Crippen LogP contribution in [-0.2, 0) is 6.42 Å². The van der Waals surface area contributed by atoms with Crippen LogP contribution in [0.1, 0.15) is 33.3 Å². The van der Waals surface area contributed by atoms with Crippen LogP contribution in [0.25, 0.3) is 0 Å². The molecule has 2 atom stereocenters. The Bertz CT molecular complexity index is 353. The second-order valence-electron chi connectivity index (χ2n) is 5.50.